The highest BCUT2D eigenvalue weighted by Crippen LogP contribution is 2.30. The molecule has 1 aliphatic rings. The third-order valence-electron chi connectivity index (χ3n) is 3.27. The lowest BCUT2D eigenvalue weighted by Crippen LogP contribution is -2.20. The van der Waals surface area contributed by atoms with Crippen LogP contribution in [0.25, 0.3) is 0 Å². The van der Waals surface area contributed by atoms with Gasteiger partial charge in [0.2, 0.25) is 0 Å². The van der Waals surface area contributed by atoms with E-state index in [0.717, 1.165) is 12.8 Å². The maximum absolute atomic E-state index is 13.1. The lowest BCUT2D eigenvalue weighted by Gasteiger charge is -2.24. The Morgan fingerprint density at radius 3 is 2.65 bits per heavy atom. The predicted molar refractivity (Wildman–Crippen MR) is 64.5 cm³/mol. The molecule has 2 nitrogen and oxygen atoms in total. The highest BCUT2D eigenvalue weighted by atomic mass is 19.1. The smallest absolute Gasteiger partial charge is 0.125 e. The first-order valence-electron chi connectivity index (χ1n) is 6.31. The minimum Gasteiger partial charge on any atom is -0.490 e. The number of hydrogen-bond donors (Lipinski definition) is 1. The fourth-order valence-corrected chi connectivity index (χ4v) is 2.32. The summed E-state index contributed by atoms with van der Waals surface area (Å²) in [5, 5.41) is 9.61. The number of rotatable bonds is 3. The lowest BCUT2D eigenvalue weighted by molar-refractivity contribution is 0.142. The molecule has 1 saturated carbocycles. The van der Waals surface area contributed by atoms with Gasteiger partial charge in [0.25, 0.3) is 0 Å². The summed E-state index contributed by atoms with van der Waals surface area (Å²) in [6, 6.07) is 4.35. The van der Waals surface area contributed by atoms with Crippen molar-refractivity contribution in [3.05, 3.63) is 29.6 Å². The molecule has 1 atom stereocenters. The number of ether oxygens (including phenoxy) is 1. The standard InChI is InChI=1S/C14H19FO2/c1-10(16)13-9-11(15)7-8-14(13)17-12-5-3-2-4-6-12/h7-10,12,16H,2-6H2,1H3. The molecule has 1 aliphatic carbocycles. The van der Waals surface area contributed by atoms with Crippen molar-refractivity contribution in [1.29, 1.82) is 0 Å². The van der Waals surface area contributed by atoms with E-state index in [4.69, 9.17) is 4.74 Å². The van der Waals surface area contributed by atoms with Gasteiger partial charge in [-0.25, -0.2) is 4.39 Å². The van der Waals surface area contributed by atoms with Crippen molar-refractivity contribution in [3.63, 3.8) is 0 Å². The summed E-state index contributed by atoms with van der Waals surface area (Å²) in [5.74, 6) is 0.283. The van der Waals surface area contributed by atoms with Crippen molar-refractivity contribution in [3.8, 4) is 5.75 Å². The number of halogens is 1. The van der Waals surface area contributed by atoms with E-state index in [1.165, 1.54) is 31.4 Å². The Hall–Kier alpha value is -1.09. The molecule has 17 heavy (non-hydrogen) atoms. The SMILES string of the molecule is CC(O)c1cc(F)ccc1OC1CCCCC1. The van der Waals surface area contributed by atoms with Gasteiger partial charge in [-0.3, -0.25) is 0 Å². The molecule has 1 fully saturated rings. The molecule has 3 heteroatoms. The summed E-state index contributed by atoms with van der Waals surface area (Å²) in [5.41, 5.74) is 0.538. The quantitative estimate of drug-likeness (QED) is 0.872. The fourth-order valence-electron chi connectivity index (χ4n) is 2.32. The second-order valence-corrected chi connectivity index (χ2v) is 4.74. The first-order valence-corrected chi connectivity index (χ1v) is 6.31. The van der Waals surface area contributed by atoms with Crippen LogP contribution in [-0.2, 0) is 0 Å². The predicted octanol–water partition coefficient (Wildman–Crippen LogP) is 3.59. The molecule has 1 unspecified atom stereocenters. The van der Waals surface area contributed by atoms with Crippen LogP contribution in [0.3, 0.4) is 0 Å². The second kappa shape index (κ2) is 5.50. The van der Waals surface area contributed by atoms with Gasteiger partial charge in [0.1, 0.15) is 11.6 Å². The molecule has 0 aromatic heterocycles. The molecule has 0 amide bonds. The Labute approximate surface area is 101 Å². The van der Waals surface area contributed by atoms with E-state index in [2.05, 4.69) is 0 Å². The van der Waals surface area contributed by atoms with Gasteiger partial charge in [-0.2, -0.15) is 0 Å². The number of aliphatic hydroxyl groups is 1. The average Bonchev–Trinajstić information content (AvgIpc) is 2.32. The van der Waals surface area contributed by atoms with Crippen molar-refractivity contribution < 1.29 is 14.2 Å². The van der Waals surface area contributed by atoms with Gasteiger partial charge < -0.3 is 9.84 Å². The maximum atomic E-state index is 13.1. The summed E-state index contributed by atoms with van der Waals surface area (Å²) in [6.07, 6.45) is 5.27. The van der Waals surface area contributed by atoms with E-state index in [-0.39, 0.29) is 11.9 Å². The third-order valence-corrected chi connectivity index (χ3v) is 3.27. The van der Waals surface area contributed by atoms with E-state index in [0.29, 0.717) is 11.3 Å². The van der Waals surface area contributed by atoms with Gasteiger partial charge >= 0.3 is 0 Å². The highest BCUT2D eigenvalue weighted by Gasteiger charge is 2.18. The molecular weight excluding hydrogens is 219 g/mol. The molecule has 0 bridgehead atoms. The Morgan fingerprint density at radius 1 is 1.29 bits per heavy atom. The summed E-state index contributed by atoms with van der Waals surface area (Å²) in [7, 11) is 0. The van der Waals surface area contributed by atoms with Crippen LogP contribution in [0.15, 0.2) is 18.2 Å². The normalized spacial score (nSPS) is 19.0. The van der Waals surface area contributed by atoms with Crippen LogP contribution in [0.4, 0.5) is 4.39 Å². The molecule has 2 rings (SSSR count). The summed E-state index contributed by atoms with van der Waals surface area (Å²) in [4.78, 5) is 0. The zero-order valence-electron chi connectivity index (χ0n) is 10.2. The van der Waals surface area contributed by atoms with Gasteiger partial charge in [0.15, 0.2) is 0 Å². The van der Waals surface area contributed by atoms with Crippen molar-refractivity contribution >= 4 is 0 Å². The molecule has 1 N–H and O–H groups in total. The summed E-state index contributed by atoms with van der Waals surface area (Å²) >= 11 is 0. The van der Waals surface area contributed by atoms with Crippen LogP contribution in [0.5, 0.6) is 5.75 Å². The average molecular weight is 238 g/mol. The van der Waals surface area contributed by atoms with Crippen LogP contribution < -0.4 is 4.74 Å². The number of hydrogen-bond acceptors (Lipinski definition) is 2. The Balaban J connectivity index is 2.13. The minimum absolute atomic E-state index is 0.215. The van der Waals surface area contributed by atoms with Crippen molar-refractivity contribution in [2.75, 3.05) is 0 Å². The van der Waals surface area contributed by atoms with Gasteiger partial charge in [-0.1, -0.05) is 6.42 Å². The van der Waals surface area contributed by atoms with Crippen LogP contribution in [0.1, 0.15) is 50.7 Å². The van der Waals surface area contributed by atoms with E-state index in [1.54, 1.807) is 13.0 Å². The van der Waals surface area contributed by atoms with Crippen molar-refractivity contribution in [1.82, 2.24) is 0 Å². The van der Waals surface area contributed by atoms with Gasteiger partial charge in [0.05, 0.1) is 12.2 Å². The molecule has 1 aromatic rings. The molecule has 0 spiro atoms. The highest BCUT2D eigenvalue weighted by molar-refractivity contribution is 5.35. The van der Waals surface area contributed by atoms with Crippen LogP contribution in [-0.4, -0.2) is 11.2 Å². The van der Waals surface area contributed by atoms with Gasteiger partial charge in [-0.05, 0) is 50.8 Å². The molecular formula is C14H19FO2. The van der Waals surface area contributed by atoms with Crippen molar-refractivity contribution in [2.45, 2.75) is 51.2 Å². The topological polar surface area (TPSA) is 29.5 Å². The van der Waals surface area contributed by atoms with E-state index < -0.39 is 6.10 Å². The third kappa shape index (κ3) is 3.19. The van der Waals surface area contributed by atoms with Crippen LogP contribution in [0.2, 0.25) is 0 Å². The second-order valence-electron chi connectivity index (χ2n) is 4.74. The fraction of sp³-hybridized carbons (Fsp3) is 0.571. The molecule has 94 valence electrons. The first kappa shape index (κ1) is 12.4. The molecule has 0 radical (unpaired) electrons. The lowest BCUT2D eigenvalue weighted by atomic mass is 9.97. The largest absolute Gasteiger partial charge is 0.490 e. The van der Waals surface area contributed by atoms with Gasteiger partial charge in [-0.15, -0.1) is 0 Å². The minimum atomic E-state index is -0.704. The Morgan fingerprint density at radius 2 is 2.00 bits per heavy atom. The van der Waals surface area contributed by atoms with Crippen LogP contribution in [0, 0.1) is 5.82 Å². The summed E-state index contributed by atoms with van der Waals surface area (Å²) in [6.45, 7) is 1.63. The molecule has 0 saturated heterocycles. The van der Waals surface area contributed by atoms with E-state index in [1.807, 2.05) is 0 Å². The zero-order chi connectivity index (χ0) is 12.3. The maximum Gasteiger partial charge on any atom is 0.125 e. The Bertz CT molecular complexity index is 370. The van der Waals surface area contributed by atoms with Crippen LogP contribution >= 0.6 is 0 Å². The van der Waals surface area contributed by atoms with Crippen molar-refractivity contribution in [2.24, 2.45) is 0 Å². The molecule has 1 aromatic carbocycles. The van der Waals surface area contributed by atoms with E-state index in [9.17, 15) is 9.50 Å². The molecule has 0 heterocycles. The number of aliphatic hydroxyl groups excluding tert-OH is 1. The zero-order valence-corrected chi connectivity index (χ0v) is 10.2. The molecule has 0 aliphatic heterocycles. The summed E-state index contributed by atoms with van der Waals surface area (Å²) < 4.78 is 19.0. The number of benzene rings is 1. The van der Waals surface area contributed by atoms with Gasteiger partial charge in [0, 0.05) is 5.56 Å². The Kier molecular flexibility index (Phi) is 4.00. The monoisotopic (exact) mass is 238 g/mol. The van der Waals surface area contributed by atoms with E-state index >= 15 is 0 Å². The first-order chi connectivity index (χ1) is 8.16.